The Hall–Kier alpha value is -2.70. The Labute approximate surface area is 152 Å². The molecule has 0 unspecified atom stereocenters. The molecule has 0 bridgehead atoms. The van der Waals surface area contributed by atoms with Gasteiger partial charge >= 0.3 is 0 Å². The maximum Gasteiger partial charge on any atom is 0.261 e. The Kier molecular flexibility index (Phi) is 4.80. The van der Waals surface area contributed by atoms with E-state index in [1.54, 1.807) is 17.0 Å². The largest absolute Gasteiger partial charge is 0.369 e. The molecular formula is C19H23N3O4. The van der Waals surface area contributed by atoms with Crippen molar-refractivity contribution < 1.29 is 19.2 Å². The van der Waals surface area contributed by atoms with E-state index in [4.69, 9.17) is 5.73 Å². The fourth-order valence-electron chi connectivity index (χ4n) is 3.50. The molecule has 7 heteroatoms. The second-order valence-electron chi connectivity index (χ2n) is 7.34. The van der Waals surface area contributed by atoms with Crippen molar-refractivity contribution in [1.29, 1.82) is 0 Å². The van der Waals surface area contributed by atoms with Gasteiger partial charge in [-0.25, -0.2) is 0 Å². The minimum absolute atomic E-state index is 0.171. The molecular weight excluding hydrogens is 334 g/mol. The number of fused-ring (bicyclic) bond motifs is 1. The first-order valence-corrected chi connectivity index (χ1v) is 8.88. The number of benzene rings is 1. The van der Waals surface area contributed by atoms with Crippen LogP contribution in [0.4, 0.5) is 0 Å². The van der Waals surface area contributed by atoms with Crippen molar-refractivity contribution in [3.8, 4) is 0 Å². The molecule has 3 rings (SSSR count). The summed E-state index contributed by atoms with van der Waals surface area (Å²) in [5.41, 5.74) is 6.34. The highest BCUT2D eigenvalue weighted by atomic mass is 16.2. The maximum absolute atomic E-state index is 12.7. The first-order valence-electron chi connectivity index (χ1n) is 8.88. The van der Waals surface area contributed by atoms with Gasteiger partial charge < -0.3 is 10.6 Å². The number of carbonyl (C=O) groups excluding carboxylic acids is 4. The normalized spacial score (nSPS) is 17.8. The SMILES string of the molecule is CC(C)CN1C(=O)c2ccc(C(=O)N3CCC(C(N)=O)CC3)cc2C1=O. The highest BCUT2D eigenvalue weighted by Gasteiger charge is 2.36. The van der Waals surface area contributed by atoms with Gasteiger partial charge in [-0.15, -0.1) is 0 Å². The number of likely N-dealkylation sites (tertiary alicyclic amines) is 1. The predicted octanol–water partition coefficient (Wildman–Crippen LogP) is 1.28. The number of rotatable bonds is 4. The number of nitrogens with zero attached hydrogens (tertiary/aromatic N) is 2. The van der Waals surface area contributed by atoms with Crippen LogP contribution in [0.3, 0.4) is 0 Å². The van der Waals surface area contributed by atoms with E-state index in [0.717, 1.165) is 0 Å². The van der Waals surface area contributed by atoms with Gasteiger partial charge in [-0.3, -0.25) is 24.1 Å². The van der Waals surface area contributed by atoms with E-state index < -0.39 is 0 Å². The lowest BCUT2D eigenvalue weighted by atomic mass is 9.95. The first kappa shape index (κ1) is 18.1. The molecule has 0 saturated carbocycles. The third-order valence-corrected chi connectivity index (χ3v) is 4.95. The summed E-state index contributed by atoms with van der Waals surface area (Å²) >= 11 is 0. The van der Waals surface area contributed by atoms with Crippen molar-refractivity contribution in [3.63, 3.8) is 0 Å². The molecule has 1 aromatic carbocycles. The van der Waals surface area contributed by atoms with Gasteiger partial charge in [-0.1, -0.05) is 13.8 Å². The molecule has 4 amide bonds. The summed E-state index contributed by atoms with van der Waals surface area (Å²) in [6, 6.07) is 4.66. The Morgan fingerprint density at radius 2 is 1.73 bits per heavy atom. The predicted molar refractivity (Wildman–Crippen MR) is 94.5 cm³/mol. The van der Waals surface area contributed by atoms with E-state index in [2.05, 4.69) is 0 Å². The number of carbonyl (C=O) groups is 4. The van der Waals surface area contributed by atoms with Crippen molar-refractivity contribution in [2.75, 3.05) is 19.6 Å². The average molecular weight is 357 g/mol. The number of amides is 4. The first-order chi connectivity index (χ1) is 12.3. The Bertz CT molecular complexity index is 779. The molecule has 0 radical (unpaired) electrons. The van der Waals surface area contributed by atoms with Crippen LogP contribution in [0.15, 0.2) is 18.2 Å². The summed E-state index contributed by atoms with van der Waals surface area (Å²) in [4.78, 5) is 51.8. The van der Waals surface area contributed by atoms with Gasteiger partial charge in [0.1, 0.15) is 0 Å². The van der Waals surface area contributed by atoms with Crippen LogP contribution < -0.4 is 5.73 Å². The molecule has 26 heavy (non-hydrogen) atoms. The Balaban J connectivity index is 1.77. The summed E-state index contributed by atoms with van der Waals surface area (Å²) in [6.45, 7) is 5.14. The van der Waals surface area contributed by atoms with Gasteiger partial charge in [-0.05, 0) is 37.0 Å². The molecule has 1 fully saturated rings. The zero-order chi connectivity index (χ0) is 19.0. The molecule has 1 aromatic rings. The van der Waals surface area contributed by atoms with E-state index in [1.165, 1.54) is 11.0 Å². The van der Waals surface area contributed by atoms with Gasteiger partial charge in [0.15, 0.2) is 0 Å². The molecule has 2 heterocycles. The second kappa shape index (κ2) is 6.90. The molecule has 2 aliphatic heterocycles. The van der Waals surface area contributed by atoms with E-state index >= 15 is 0 Å². The molecule has 2 N–H and O–H groups in total. The van der Waals surface area contributed by atoms with Gasteiger partial charge in [0.05, 0.1) is 11.1 Å². The third-order valence-electron chi connectivity index (χ3n) is 4.95. The molecule has 7 nitrogen and oxygen atoms in total. The van der Waals surface area contributed by atoms with E-state index in [1.807, 2.05) is 13.8 Å². The van der Waals surface area contributed by atoms with Crippen LogP contribution in [0.25, 0.3) is 0 Å². The van der Waals surface area contributed by atoms with Crippen LogP contribution in [-0.2, 0) is 4.79 Å². The van der Waals surface area contributed by atoms with Crippen molar-refractivity contribution >= 4 is 23.6 Å². The van der Waals surface area contributed by atoms with Gasteiger partial charge in [0.2, 0.25) is 5.91 Å². The molecule has 0 spiro atoms. The standard InChI is InChI=1S/C19H23N3O4/c1-11(2)10-22-18(25)14-4-3-13(9-15(14)19(22)26)17(24)21-7-5-12(6-8-21)16(20)23/h3-4,9,11-12H,5-8,10H2,1-2H3,(H2,20,23). The minimum Gasteiger partial charge on any atom is -0.369 e. The van der Waals surface area contributed by atoms with Gasteiger partial charge in [0, 0.05) is 31.1 Å². The fraction of sp³-hybridized carbons (Fsp3) is 0.474. The van der Waals surface area contributed by atoms with Crippen molar-refractivity contribution in [2.45, 2.75) is 26.7 Å². The Morgan fingerprint density at radius 1 is 1.12 bits per heavy atom. The zero-order valence-corrected chi connectivity index (χ0v) is 15.0. The topological polar surface area (TPSA) is 101 Å². The number of hydrogen-bond acceptors (Lipinski definition) is 4. The van der Waals surface area contributed by atoms with Crippen LogP contribution in [0.5, 0.6) is 0 Å². The van der Waals surface area contributed by atoms with Gasteiger partial charge in [0.25, 0.3) is 17.7 Å². The number of primary amides is 1. The van der Waals surface area contributed by atoms with E-state index in [0.29, 0.717) is 43.6 Å². The third kappa shape index (κ3) is 3.21. The van der Waals surface area contributed by atoms with Crippen LogP contribution in [-0.4, -0.2) is 53.1 Å². The lowest BCUT2D eigenvalue weighted by molar-refractivity contribution is -0.123. The quantitative estimate of drug-likeness (QED) is 0.820. The van der Waals surface area contributed by atoms with Crippen molar-refractivity contribution in [3.05, 3.63) is 34.9 Å². The molecule has 138 valence electrons. The lowest BCUT2D eigenvalue weighted by Gasteiger charge is -2.30. The lowest BCUT2D eigenvalue weighted by Crippen LogP contribution is -2.41. The Morgan fingerprint density at radius 3 is 2.31 bits per heavy atom. The second-order valence-corrected chi connectivity index (χ2v) is 7.34. The van der Waals surface area contributed by atoms with Crippen LogP contribution in [0.2, 0.25) is 0 Å². The molecule has 2 aliphatic rings. The summed E-state index contributed by atoms with van der Waals surface area (Å²) in [7, 11) is 0. The number of hydrogen-bond donors (Lipinski definition) is 1. The highest BCUT2D eigenvalue weighted by molar-refractivity contribution is 6.22. The summed E-state index contributed by atoms with van der Waals surface area (Å²) in [6.07, 6.45) is 1.09. The molecule has 0 atom stereocenters. The summed E-state index contributed by atoms with van der Waals surface area (Å²) < 4.78 is 0. The van der Waals surface area contributed by atoms with E-state index in [-0.39, 0.29) is 41.0 Å². The number of imide groups is 1. The van der Waals surface area contributed by atoms with Crippen LogP contribution in [0.1, 0.15) is 57.8 Å². The number of piperidine rings is 1. The highest BCUT2D eigenvalue weighted by Crippen LogP contribution is 2.26. The minimum atomic E-state index is -0.346. The molecule has 0 aromatic heterocycles. The van der Waals surface area contributed by atoms with Crippen molar-refractivity contribution in [1.82, 2.24) is 9.80 Å². The summed E-state index contributed by atoms with van der Waals surface area (Å²) in [5.74, 6) is -1.20. The smallest absolute Gasteiger partial charge is 0.261 e. The average Bonchev–Trinajstić information content (AvgIpc) is 2.85. The van der Waals surface area contributed by atoms with Crippen molar-refractivity contribution in [2.24, 2.45) is 17.6 Å². The summed E-state index contributed by atoms with van der Waals surface area (Å²) in [5, 5.41) is 0. The van der Waals surface area contributed by atoms with Gasteiger partial charge in [-0.2, -0.15) is 0 Å². The fourth-order valence-corrected chi connectivity index (χ4v) is 3.50. The maximum atomic E-state index is 12.7. The number of nitrogens with two attached hydrogens (primary N) is 1. The van der Waals surface area contributed by atoms with Crippen LogP contribution in [0, 0.1) is 11.8 Å². The van der Waals surface area contributed by atoms with Crippen LogP contribution >= 0.6 is 0 Å². The van der Waals surface area contributed by atoms with E-state index in [9.17, 15) is 19.2 Å². The zero-order valence-electron chi connectivity index (χ0n) is 15.0. The molecule has 1 saturated heterocycles. The molecule has 0 aliphatic carbocycles. The monoisotopic (exact) mass is 357 g/mol.